The number of hydrogen-bond donors (Lipinski definition) is 1. The normalized spacial score (nSPS) is 10.3. The summed E-state index contributed by atoms with van der Waals surface area (Å²) in [6.07, 6.45) is 2.59. The Morgan fingerprint density at radius 2 is 2.00 bits per heavy atom. The van der Waals surface area contributed by atoms with Crippen molar-refractivity contribution in [2.75, 3.05) is 20.8 Å². The molecule has 20 heavy (non-hydrogen) atoms. The summed E-state index contributed by atoms with van der Waals surface area (Å²) in [6.45, 7) is 0.148. The number of esters is 1. The number of carbonyl (C=O) groups is 2. The van der Waals surface area contributed by atoms with Gasteiger partial charge in [-0.15, -0.1) is 0 Å². The Morgan fingerprint density at radius 1 is 1.25 bits per heavy atom. The van der Waals surface area contributed by atoms with Crippen LogP contribution in [-0.4, -0.2) is 37.9 Å². The van der Waals surface area contributed by atoms with Crippen LogP contribution in [0.5, 0.6) is 11.5 Å². The molecule has 0 fully saturated rings. The zero-order chi connectivity index (χ0) is 15.0. The monoisotopic (exact) mass is 280 g/mol. The van der Waals surface area contributed by atoms with E-state index < -0.39 is 5.97 Å². The van der Waals surface area contributed by atoms with Crippen LogP contribution in [0.1, 0.15) is 12.0 Å². The molecule has 0 radical (unpaired) electrons. The van der Waals surface area contributed by atoms with Gasteiger partial charge in [0, 0.05) is 6.08 Å². The number of hydrogen-bond acceptors (Lipinski definition) is 5. The number of methoxy groups -OCH3 is 2. The first-order chi connectivity index (χ1) is 9.56. The Balaban J connectivity index is 2.78. The van der Waals surface area contributed by atoms with Crippen LogP contribution in [0.25, 0.3) is 6.08 Å². The van der Waals surface area contributed by atoms with E-state index in [0.717, 1.165) is 6.08 Å². The number of ether oxygens (including phenoxy) is 3. The molecule has 0 bridgehead atoms. The van der Waals surface area contributed by atoms with Crippen LogP contribution in [-0.2, 0) is 14.3 Å². The lowest BCUT2D eigenvalue weighted by molar-refractivity contribution is -0.141. The summed E-state index contributed by atoms with van der Waals surface area (Å²) in [5.74, 6) is -0.467. The first-order valence-corrected chi connectivity index (χ1v) is 5.85. The lowest BCUT2D eigenvalue weighted by Gasteiger charge is -2.10. The van der Waals surface area contributed by atoms with Crippen molar-refractivity contribution in [3.63, 3.8) is 0 Å². The van der Waals surface area contributed by atoms with E-state index >= 15 is 0 Å². The predicted molar refractivity (Wildman–Crippen MR) is 71.8 cm³/mol. The number of carboxylic acids is 1. The highest BCUT2D eigenvalue weighted by Gasteiger charge is 2.07. The molecule has 0 unspecified atom stereocenters. The molecule has 0 aliphatic carbocycles. The van der Waals surface area contributed by atoms with E-state index in [0.29, 0.717) is 17.1 Å². The molecular weight excluding hydrogens is 264 g/mol. The molecule has 0 atom stereocenters. The van der Waals surface area contributed by atoms with Crippen molar-refractivity contribution in [2.24, 2.45) is 0 Å². The smallest absolute Gasteiger partial charge is 0.328 e. The fraction of sp³-hybridized carbons (Fsp3) is 0.286. The van der Waals surface area contributed by atoms with Gasteiger partial charge in [0.25, 0.3) is 0 Å². The minimum absolute atomic E-state index is 0.120. The molecule has 6 nitrogen and oxygen atoms in total. The first kappa shape index (κ1) is 15.6. The van der Waals surface area contributed by atoms with Crippen LogP contribution in [0.4, 0.5) is 0 Å². The van der Waals surface area contributed by atoms with Gasteiger partial charge in [0.1, 0.15) is 0 Å². The molecule has 0 spiro atoms. The van der Waals surface area contributed by atoms with Gasteiger partial charge in [0.2, 0.25) is 0 Å². The van der Waals surface area contributed by atoms with Crippen molar-refractivity contribution >= 4 is 18.0 Å². The summed E-state index contributed by atoms with van der Waals surface area (Å²) in [7, 11) is 2.80. The van der Waals surface area contributed by atoms with Crippen LogP contribution in [0.2, 0.25) is 0 Å². The SMILES string of the molecule is COC(=O)CCOc1cc(C=CC(=O)O)ccc1OC. The van der Waals surface area contributed by atoms with Gasteiger partial charge in [-0.3, -0.25) is 4.79 Å². The fourth-order valence-electron chi connectivity index (χ4n) is 1.42. The number of rotatable bonds is 7. The van der Waals surface area contributed by atoms with Gasteiger partial charge < -0.3 is 19.3 Å². The van der Waals surface area contributed by atoms with Crippen molar-refractivity contribution in [3.8, 4) is 11.5 Å². The van der Waals surface area contributed by atoms with Crippen LogP contribution >= 0.6 is 0 Å². The molecule has 0 aromatic heterocycles. The van der Waals surface area contributed by atoms with Gasteiger partial charge in [-0.05, 0) is 23.8 Å². The third kappa shape index (κ3) is 5.01. The van der Waals surface area contributed by atoms with Gasteiger partial charge in [-0.1, -0.05) is 6.07 Å². The summed E-state index contributed by atoms with van der Waals surface area (Å²) in [5, 5.41) is 8.58. The van der Waals surface area contributed by atoms with Gasteiger partial charge in [-0.2, -0.15) is 0 Å². The summed E-state index contributed by atoms with van der Waals surface area (Å²) in [6, 6.07) is 5.00. The summed E-state index contributed by atoms with van der Waals surface area (Å²) < 4.78 is 15.1. The maximum Gasteiger partial charge on any atom is 0.328 e. The van der Waals surface area contributed by atoms with E-state index in [1.165, 1.54) is 20.3 Å². The molecular formula is C14H16O6. The average molecular weight is 280 g/mol. The number of aliphatic carboxylic acids is 1. The highest BCUT2D eigenvalue weighted by Crippen LogP contribution is 2.28. The Kier molecular flexibility index (Phi) is 6.09. The van der Waals surface area contributed by atoms with Crippen molar-refractivity contribution < 1.29 is 28.9 Å². The topological polar surface area (TPSA) is 82.1 Å². The van der Waals surface area contributed by atoms with E-state index in [-0.39, 0.29) is 19.0 Å². The van der Waals surface area contributed by atoms with Crippen LogP contribution in [0, 0.1) is 0 Å². The zero-order valence-electron chi connectivity index (χ0n) is 11.3. The first-order valence-electron chi connectivity index (χ1n) is 5.85. The third-order valence-corrected chi connectivity index (χ3v) is 2.40. The molecule has 1 aromatic carbocycles. The molecule has 0 heterocycles. The maximum absolute atomic E-state index is 11.0. The zero-order valence-corrected chi connectivity index (χ0v) is 11.3. The summed E-state index contributed by atoms with van der Waals surface area (Å²) in [4.78, 5) is 21.5. The molecule has 1 rings (SSSR count). The van der Waals surface area contributed by atoms with Crippen molar-refractivity contribution in [3.05, 3.63) is 29.8 Å². The van der Waals surface area contributed by atoms with Gasteiger partial charge in [-0.25, -0.2) is 4.79 Å². The van der Waals surface area contributed by atoms with Gasteiger partial charge in [0.05, 0.1) is 27.2 Å². The fourth-order valence-corrected chi connectivity index (χ4v) is 1.42. The van der Waals surface area contributed by atoms with Crippen LogP contribution in [0.15, 0.2) is 24.3 Å². The maximum atomic E-state index is 11.0. The molecule has 0 saturated carbocycles. The highest BCUT2D eigenvalue weighted by molar-refractivity contribution is 5.85. The standard InChI is InChI=1S/C14H16O6/c1-18-11-5-3-10(4-6-13(15)16)9-12(11)20-8-7-14(17)19-2/h3-6,9H,7-8H2,1-2H3,(H,15,16). The predicted octanol–water partition coefficient (Wildman–Crippen LogP) is 1.73. The van der Waals surface area contributed by atoms with Crippen LogP contribution < -0.4 is 9.47 Å². The number of carboxylic acid groups (broad SMARTS) is 1. The number of carbonyl (C=O) groups excluding carboxylic acids is 1. The third-order valence-electron chi connectivity index (χ3n) is 2.40. The molecule has 6 heteroatoms. The molecule has 0 saturated heterocycles. The van der Waals surface area contributed by atoms with Crippen molar-refractivity contribution in [2.45, 2.75) is 6.42 Å². The highest BCUT2D eigenvalue weighted by atomic mass is 16.5. The van der Waals surface area contributed by atoms with Crippen molar-refractivity contribution in [1.82, 2.24) is 0 Å². The molecule has 1 N–H and O–H groups in total. The van der Waals surface area contributed by atoms with E-state index in [2.05, 4.69) is 4.74 Å². The second-order valence-corrected chi connectivity index (χ2v) is 3.76. The van der Waals surface area contributed by atoms with E-state index in [1.54, 1.807) is 18.2 Å². The molecule has 1 aromatic rings. The number of benzene rings is 1. The van der Waals surface area contributed by atoms with E-state index in [9.17, 15) is 9.59 Å². The quantitative estimate of drug-likeness (QED) is 0.605. The van der Waals surface area contributed by atoms with Crippen LogP contribution in [0.3, 0.4) is 0 Å². The Labute approximate surface area is 116 Å². The second kappa shape index (κ2) is 7.83. The minimum Gasteiger partial charge on any atom is -0.493 e. The summed E-state index contributed by atoms with van der Waals surface area (Å²) in [5.41, 5.74) is 0.654. The van der Waals surface area contributed by atoms with E-state index in [1.807, 2.05) is 0 Å². The molecule has 0 aliphatic rings. The minimum atomic E-state index is -1.03. The largest absolute Gasteiger partial charge is 0.493 e. The Bertz CT molecular complexity index is 506. The molecule has 108 valence electrons. The van der Waals surface area contributed by atoms with Gasteiger partial charge in [0.15, 0.2) is 11.5 Å². The lowest BCUT2D eigenvalue weighted by Crippen LogP contribution is -2.08. The average Bonchev–Trinajstić information content (AvgIpc) is 2.45. The van der Waals surface area contributed by atoms with Crippen molar-refractivity contribution in [1.29, 1.82) is 0 Å². The second-order valence-electron chi connectivity index (χ2n) is 3.76. The molecule has 0 aliphatic heterocycles. The summed E-state index contributed by atoms with van der Waals surface area (Å²) >= 11 is 0. The van der Waals surface area contributed by atoms with E-state index in [4.69, 9.17) is 14.6 Å². The molecule has 0 amide bonds. The Hall–Kier alpha value is -2.50. The Morgan fingerprint density at radius 3 is 2.60 bits per heavy atom. The lowest BCUT2D eigenvalue weighted by atomic mass is 10.2. The van der Waals surface area contributed by atoms with Gasteiger partial charge >= 0.3 is 11.9 Å².